The highest BCUT2D eigenvalue weighted by atomic mass is 16.5. The molecule has 1 fully saturated rings. The van der Waals surface area contributed by atoms with Gasteiger partial charge in [-0.1, -0.05) is 25.0 Å². The second-order valence-corrected chi connectivity index (χ2v) is 7.93. The summed E-state index contributed by atoms with van der Waals surface area (Å²) in [6, 6.07) is 11.0. The van der Waals surface area contributed by atoms with E-state index in [-0.39, 0.29) is 11.5 Å². The molecule has 0 spiro atoms. The molecule has 0 bridgehead atoms. The van der Waals surface area contributed by atoms with Gasteiger partial charge in [0.15, 0.2) is 5.76 Å². The number of esters is 1. The molecule has 6 heteroatoms. The Hall–Kier alpha value is -3.12. The van der Waals surface area contributed by atoms with E-state index in [1.165, 1.54) is 32.8 Å². The van der Waals surface area contributed by atoms with Gasteiger partial charge < -0.3 is 14.2 Å². The number of ketones is 1. The van der Waals surface area contributed by atoms with Gasteiger partial charge in [0, 0.05) is 12.6 Å². The number of fused-ring (bicyclic) bond motifs is 3. The zero-order chi connectivity index (χ0) is 20.7. The van der Waals surface area contributed by atoms with Crippen LogP contribution in [-0.4, -0.2) is 36.5 Å². The van der Waals surface area contributed by atoms with Crippen molar-refractivity contribution in [1.82, 2.24) is 4.90 Å². The molecule has 6 nitrogen and oxygen atoms in total. The maximum Gasteiger partial charge on any atom is 0.337 e. The lowest BCUT2D eigenvalue weighted by atomic mass is 10.0. The lowest BCUT2D eigenvalue weighted by molar-refractivity contribution is 0.0567. The summed E-state index contributed by atoms with van der Waals surface area (Å²) in [7, 11) is 1.35. The molecule has 0 saturated heterocycles. The second-order valence-electron chi connectivity index (χ2n) is 7.93. The number of hydrogen-bond acceptors (Lipinski definition) is 6. The van der Waals surface area contributed by atoms with E-state index < -0.39 is 5.97 Å². The average Bonchev–Trinajstić information content (AvgIpc) is 3.42. The SMILES string of the molecule is COC(=O)c1ccc(/C=C2\Oc3c(ccc4c3CN(C3CCCC3)CO4)C2=O)cc1. The molecule has 2 aromatic carbocycles. The van der Waals surface area contributed by atoms with Gasteiger partial charge in [-0.2, -0.15) is 0 Å². The summed E-state index contributed by atoms with van der Waals surface area (Å²) in [6.45, 7) is 1.32. The van der Waals surface area contributed by atoms with E-state index in [4.69, 9.17) is 14.2 Å². The summed E-state index contributed by atoms with van der Waals surface area (Å²) in [5, 5.41) is 0. The largest absolute Gasteiger partial charge is 0.478 e. The third-order valence-electron chi connectivity index (χ3n) is 6.12. The number of nitrogens with zero attached hydrogens (tertiary/aromatic N) is 1. The van der Waals surface area contributed by atoms with Gasteiger partial charge in [-0.05, 0) is 48.7 Å². The molecule has 2 heterocycles. The van der Waals surface area contributed by atoms with Crippen molar-refractivity contribution < 1.29 is 23.8 Å². The van der Waals surface area contributed by atoms with Crippen LogP contribution in [0.25, 0.3) is 6.08 Å². The van der Waals surface area contributed by atoms with Crippen LogP contribution in [0.1, 0.15) is 57.5 Å². The van der Waals surface area contributed by atoms with Gasteiger partial charge in [-0.25, -0.2) is 4.79 Å². The Morgan fingerprint density at radius 1 is 1.13 bits per heavy atom. The van der Waals surface area contributed by atoms with Crippen LogP contribution in [0, 0.1) is 0 Å². The first-order valence-electron chi connectivity index (χ1n) is 10.3. The van der Waals surface area contributed by atoms with Crippen LogP contribution < -0.4 is 9.47 Å². The van der Waals surface area contributed by atoms with Crippen molar-refractivity contribution in [2.75, 3.05) is 13.8 Å². The molecule has 0 radical (unpaired) electrons. The van der Waals surface area contributed by atoms with Gasteiger partial charge in [0.1, 0.15) is 18.2 Å². The Labute approximate surface area is 175 Å². The summed E-state index contributed by atoms with van der Waals surface area (Å²) in [4.78, 5) is 26.9. The first kappa shape index (κ1) is 18.9. The Balaban J connectivity index is 1.41. The lowest BCUT2D eigenvalue weighted by Crippen LogP contribution is -2.39. The molecule has 0 aromatic heterocycles. The predicted octanol–water partition coefficient (Wildman–Crippen LogP) is 4.18. The molecular formula is C24H23NO5. The van der Waals surface area contributed by atoms with Crippen molar-refractivity contribution in [3.05, 3.63) is 64.4 Å². The Kier molecular flexibility index (Phi) is 4.79. The van der Waals surface area contributed by atoms with Crippen molar-refractivity contribution in [2.24, 2.45) is 0 Å². The molecule has 5 rings (SSSR count). The fraction of sp³-hybridized carbons (Fsp3) is 0.333. The van der Waals surface area contributed by atoms with Crippen LogP contribution in [0.2, 0.25) is 0 Å². The number of carbonyl (C=O) groups is 2. The summed E-state index contributed by atoms with van der Waals surface area (Å²) < 4.78 is 16.7. The minimum absolute atomic E-state index is 0.136. The maximum absolute atomic E-state index is 12.9. The summed E-state index contributed by atoms with van der Waals surface area (Å²) in [5.41, 5.74) is 2.75. The highest BCUT2D eigenvalue weighted by Crippen LogP contribution is 2.43. The molecule has 0 N–H and O–H groups in total. The Morgan fingerprint density at radius 3 is 2.63 bits per heavy atom. The highest BCUT2D eigenvalue weighted by Gasteiger charge is 2.35. The van der Waals surface area contributed by atoms with Gasteiger partial charge >= 0.3 is 5.97 Å². The average molecular weight is 405 g/mol. The summed E-state index contributed by atoms with van der Waals surface area (Å²) in [5.74, 6) is 1.15. The van der Waals surface area contributed by atoms with Crippen molar-refractivity contribution >= 4 is 17.8 Å². The third kappa shape index (κ3) is 3.27. The minimum atomic E-state index is -0.395. The number of hydrogen-bond donors (Lipinski definition) is 0. The molecular weight excluding hydrogens is 382 g/mol. The smallest absolute Gasteiger partial charge is 0.337 e. The van der Waals surface area contributed by atoms with E-state index in [2.05, 4.69) is 4.90 Å². The van der Waals surface area contributed by atoms with Crippen LogP contribution in [0.3, 0.4) is 0 Å². The lowest BCUT2D eigenvalue weighted by Gasteiger charge is -2.33. The molecule has 2 aliphatic heterocycles. The number of allylic oxidation sites excluding steroid dienone is 1. The predicted molar refractivity (Wildman–Crippen MR) is 110 cm³/mol. The first-order valence-corrected chi connectivity index (χ1v) is 10.3. The molecule has 1 aliphatic carbocycles. The maximum atomic E-state index is 12.9. The van der Waals surface area contributed by atoms with Gasteiger partial charge in [0.25, 0.3) is 0 Å². The zero-order valence-corrected chi connectivity index (χ0v) is 16.8. The minimum Gasteiger partial charge on any atom is -0.478 e. The summed E-state index contributed by atoms with van der Waals surface area (Å²) >= 11 is 0. The van der Waals surface area contributed by atoms with Gasteiger partial charge in [-0.3, -0.25) is 9.69 Å². The molecule has 30 heavy (non-hydrogen) atoms. The molecule has 0 atom stereocenters. The first-order chi connectivity index (χ1) is 14.6. The van der Waals surface area contributed by atoms with E-state index >= 15 is 0 Å². The third-order valence-corrected chi connectivity index (χ3v) is 6.12. The van der Waals surface area contributed by atoms with E-state index in [1.807, 2.05) is 6.07 Å². The zero-order valence-electron chi connectivity index (χ0n) is 16.8. The molecule has 0 unspecified atom stereocenters. The molecule has 2 aromatic rings. The Bertz CT molecular complexity index is 1030. The number of methoxy groups -OCH3 is 1. The fourth-order valence-corrected chi connectivity index (χ4v) is 4.46. The summed E-state index contributed by atoms with van der Waals surface area (Å²) in [6.07, 6.45) is 6.61. The quantitative estimate of drug-likeness (QED) is 0.564. The van der Waals surface area contributed by atoms with Crippen molar-refractivity contribution in [3.8, 4) is 11.5 Å². The molecule has 3 aliphatic rings. The van der Waals surface area contributed by atoms with E-state index in [0.717, 1.165) is 23.4 Å². The van der Waals surface area contributed by atoms with Crippen LogP contribution in [0.5, 0.6) is 11.5 Å². The van der Waals surface area contributed by atoms with Crippen LogP contribution in [0.4, 0.5) is 0 Å². The van der Waals surface area contributed by atoms with Crippen LogP contribution in [-0.2, 0) is 11.3 Å². The van der Waals surface area contributed by atoms with Gasteiger partial charge in [0.05, 0.1) is 23.8 Å². The van der Waals surface area contributed by atoms with Crippen LogP contribution >= 0.6 is 0 Å². The fourth-order valence-electron chi connectivity index (χ4n) is 4.46. The number of ether oxygens (including phenoxy) is 3. The number of carbonyl (C=O) groups excluding carboxylic acids is 2. The van der Waals surface area contributed by atoms with E-state index in [1.54, 1.807) is 36.4 Å². The van der Waals surface area contributed by atoms with Crippen LogP contribution in [0.15, 0.2) is 42.2 Å². The van der Waals surface area contributed by atoms with Crippen molar-refractivity contribution in [1.29, 1.82) is 0 Å². The molecule has 1 saturated carbocycles. The Morgan fingerprint density at radius 2 is 1.90 bits per heavy atom. The molecule has 0 amide bonds. The van der Waals surface area contributed by atoms with Crippen molar-refractivity contribution in [2.45, 2.75) is 38.3 Å². The van der Waals surface area contributed by atoms with E-state index in [0.29, 0.717) is 29.6 Å². The van der Waals surface area contributed by atoms with Crippen molar-refractivity contribution in [3.63, 3.8) is 0 Å². The number of Topliss-reactive ketones (excluding diaryl/α,β-unsaturated/α-hetero) is 1. The highest BCUT2D eigenvalue weighted by molar-refractivity contribution is 6.15. The standard InChI is InChI=1S/C24H23NO5/c1-28-24(27)16-8-6-15(7-9-16)12-21-22(26)18-10-11-20-19(23(18)30-21)13-25(14-29-20)17-4-2-3-5-17/h6-12,17H,2-5,13-14H2,1H3/b21-12-. The molecule has 154 valence electrons. The number of rotatable bonds is 3. The van der Waals surface area contributed by atoms with Gasteiger partial charge in [0.2, 0.25) is 5.78 Å². The normalized spacial score (nSPS) is 19.9. The second kappa shape index (κ2) is 7.61. The number of benzene rings is 2. The monoisotopic (exact) mass is 405 g/mol. The topological polar surface area (TPSA) is 65.1 Å². The van der Waals surface area contributed by atoms with Gasteiger partial charge in [-0.15, -0.1) is 0 Å². The van der Waals surface area contributed by atoms with E-state index in [9.17, 15) is 9.59 Å².